The average Bonchev–Trinajstić information content (AvgIpc) is 2.26. The van der Waals surface area contributed by atoms with Crippen LogP contribution in [-0.4, -0.2) is 0 Å². The maximum absolute atomic E-state index is 13.0. The summed E-state index contributed by atoms with van der Waals surface area (Å²) in [5.41, 5.74) is 8.67. The molecule has 0 aromatic heterocycles. The van der Waals surface area contributed by atoms with E-state index in [1.165, 1.54) is 12.1 Å². The van der Waals surface area contributed by atoms with Gasteiger partial charge in [0.2, 0.25) is 0 Å². The second-order valence-electron chi connectivity index (χ2n) is 3.82. The molecule has 0 bridgehead atoms. The normalized spacial score (nSPS) is 10.3. The summed E-state index contributed by atoms with van der Waals surface area (Å²) in [5.74, 6) is -0.283. The second kappa shape index (κ2) is 4.63. The van der Waals surface area contributed by atoms with Crippen LogP contribution in [0, 0.1) is 12.7 Å². The predicted octanol–water partition coefficient (Wildman–Crippen LogP) is 4.11. The first-order valence-electron chi connectivity index (χ1n) is 5.14. The van der Waals surface area contributed by atoms with E-state index in [9.17, 15) is 4.39 Å². The molecule has 0 atom stereocenters. The standard InChI is InChI=1S/C13H12ClFN2/c1-8-5-12(16)11(14)7-13(8)17-10-4-2-3-9(15)6-10/h2-7,17H,16H2,1H3. The first-order chi connectivity index (χ1) is 8.06. The lowest BCUT2D eigenvalue weighted by Crippen LogP contribution is -1.96. The molecule has 88 valence electrons. The zero-order valence-corrected chi connectivity index (χ0v) is 10.1. The Morgan fingerprint density at radius 3 is 2.71 bits per heavy atom. The fourth-order valence-corrected chi connectivity index (χ4v) is 1.72. The Morgan fingerprint density at radius 2 is 2.00 bits per heavy atom. The number of halogens is 2. The molecule has 0 saturated heterocycles. The Hall–Kier alpha value is -1.74. The molecule has 0 aliphatic heterocycles. The molecular formula is C13H12ClFN2. The lowest BCUT2D eigenvalue weighted by Gasteiger charge is -2.11. The molecule has 2 aromatic carbocycles. The topological polar surface area (TPSA) is 38.0 Å². The minimum Gasteiger partial charge on any atom is -0.398 e. The van der Waals surface area contributed by atoms with Crippen LogP contribution < -0.4 is 11.1 Å². The Bertz CT molecular complexity index is 555. The summed E-state index contributed by atoms with van der Waals surface area (Å²) in [6.07, 6.45) is 0. The SMILES string of the molecule is Cc1cc(N)c(Cl)cc1Nc1cccc(F)c1. The molecule has 2 aromatic rings. The molecule has 2 rings (SSSR count). The van der Waals surface area contributed by atoms with Crippen molar-refractivity contribution in [1.82, 2.24) is 0 Å². The van der Waals surface area contributed by atoms with E-state index in [0.29, 0.717) is 16.4 Å². The summed E-state index contributed by atoms with van der Waals surface area (Å²) < 4.78 is 13.0. The van der Waals surface area contributed by atoms with Gasteiger partial charge in [-0.25, -0.2) is 4.39 Å². The van der Waals surface area contributed by atoms with Crippen molar-refractivity contribution in [3.8, 4) is 0 Å². The van der Waals surface area contributed by atoms with Crippen LogP contribution >= 0.6 is 11.6 Å². The van der Waals surface area contributed by atoms with E-state index in [4.69, 9.17) is 17.3 Å². The van der Waals surface area contributed by atoms with Crippen molar-refractivity contribution in [2.75, 3.05) is 11.1 Å². The molecule has 0 unspecified atom stereocenters. The fourth-order valence-electron chi connectivity index (χ4n) is 1.56. The van der Waals surface area contributed by atoms with Gasteiger partial charge in [0.25, 0.3) is 0 Å². The van der Waals surface area contributed by atoms with Crippen molar-refractivity contribution in [2.45, 2.75) is 6.92 Å². The molecule has 2 nitrogen and oxygen atoms in total. The van der Waals surface area contributed by atoms with E-state index in [2.05, 4.69) is 5.32 Å². The minimum atomic E-state index is -0.283. The number of nitrogens with two attached hydrogens (primary N) is 1. The third kappa shape index (κ3) is 2.68. The van der Waals surface area contributed by atoms with Crippen LogP contribution in [0.5, 0.6) is 0 Å². The van der Waals surface area contributed by atoms with Gasteiger partial charge in [-0.1, -0.05) is 17.7 Å². The Morgan fingerprint density at radius 1 is 1.24 bits per heavy atom. The summed E-state index contributed by atoms with van der Waals surface area (Å²) in [5, 5.41) is 3.58. The van der Waals surface area contributed by atoms with Gasteiger partial charge in [-0.2, -0.15) is 0 Å². The van der Waals surface area contributed by atoms with Crippen molar-refractivity contribution in [1.29, 1.82) is 0 Å². The van der Waals surface area contributed by atoms with Crippen LogP contribution in [0.15, 0.2) is 36.4 Å². The highest BCUT2D eigenvalue weighted by Gasteiger charge is 2.04. The maximum atomic E-state index is 13.0. The van der Waals surface area contributed by atoms with Crippen LogP contribution in [0.25, 0.3) is 0 Å². The molecule has 0 heterocycles. The maximum Gasteiger partial charge on any atom is 0.125 e. The molecular weight excluding hydrogens is 239 g/mol. The number of benzene rings is 2. The fraction of sp³-hybridized carbons (Fsp3) is 0.0769. The number of nitrogens with one attached hydrogen (secondary N) is 1. The van der Waals surface area contributed by atoms with E-state index in [-0.39, 0.29) is 5.82 Å². The van der Waals surface area contributed by atoms with Crippen LogP contribution in [0.1, 0.15) is 5.56 Å². The van der Waals surface area contributed by atoms with Crippen molar-refractivity contribution in [3.05, 3.63) is 52.8 Å². The number of anilines is 3. The van der Waals surface area contributed by atoms with Gasteiger partial charge in [0.05, 0.1) is 10.7 Å². The number of hydrogen-bond donors (Lipinski definition) is 2. The summed E-state index contributed by atoms with van der Waals surface area (Å²) in [6, 6.07) is 9.76. The van der Waals surface area contributed by atoms with Gasteiger partial charge in [0.1, 0.15) is 5.82 Å². The predicted molar refractivity (Wildman–Crippen MR) is 70.3 cm³/mol. The van der Waals surface area contributed by atoms with Crippen molar-refractivity contribution in [2.24, 2.45) is 0 Å². The van der Waals surface area contributed by atoms with Gasteiger partial charge in [0.15, 0.2) is 0 Å². The molecule has 3 N–H and O–H groups in total. The third-order valence-corrected chi connectivity index (χ3v) is 2.77. The summed E-state index contributed by atoms with van der Waals surface area (Å²) >= 11 is 5.94. The van der Waals surface area contributed by atoms with Gasteiger partial charge in [0, 0.05) is 11.4 Å². The number of aryl methyl sites for hydroxylation is 1. The molecule has 0 aliphatic carbocycles. The molecule has 0 fully saturated rings. The molecule has 0 saturated carbocycles. The van der Waals surface area contributed by atoms with Crippen LogP contribution in [0.2, 0.25) is 5.02 Å². The quantitative estimate of drug-likeness (QED) is 0.787. The highest BCUT2D eigenvalue weighted by Crippen LogP contribution is 2.29. The largest absolute Gasteiger partial charge is 0.398 e. The van der Waals surface area contributed by atoms with Gasteiger partial charge in [-0.15, -0.1) is 0 Å². The zero-order chi connectivity index (χ0) is 12.4. The first-order valence-corrected chi connectivity index (χ1v) is 5.52. The number of hydrogen-bond acceptors (Lipinski definition) is 2. The number of nitrogen functional groups attached to an aromatic ring is 1. The number of rotatable bonds is 2. The molecule has 0 amide bonds. The molecule has 0 radical (unpaired) electrons. The van der Waals surface area contributed by atoms with Crippen LogP contribution in [0.3, 0.4) is 0 Å². The Kier molecular flexibility index (Phi) is 3.20. The van der Waals surface area contributed by atoms with E-state index in [1.807, 2.05) is 6.92 Å². The first kappa shape index (κ1) is 11.7. The highest BCUT2D eigenvalue weighted by molar-refractivity contribution is 6.33. The zero-order valence-electron chi connectivity index (χ0n) is 9.30. The lowest BCUT2D eigenvalue weighted by atomic mass is 10.1. The lowest BCUT2D eigenvalue weighted by molar-refractivity contribution is 0.628. The Balaban J connectivity index is 2.33. The van der Waals surface area contributed by atoms with Gasteiger partial charge < -0.3 is 11.1 Å². The van der Waals surface area contributed by atoms with Gasteiger partial charge in [-0.3, -0.25) is 0 Å². The Labute approximate surface area is 104 Å². The molecule has 4 heteroatoms. The summed E-state index contributed by atoms with van der Waals surface area (Å²) in [6.45, 7) is 1.91. The van der Waals surface area contributed by atoms with Gasteiger partial charge >= 0.3 is 0 Å². The average molecular weight is 251 g/mol. The highest BCUT2D eigenvalue weighted by atomic mass is 35.5. The summed E-state index contributed by atoms with van der Waals surface area (Å²) in [7, 11) is 0. The van der Waals surface area contributed by atoms with Crippen LogP contribution in [-0.2, 0) is 0 Å². The monoisotopic (exact) mass is 250 g/mol. The molecule has 0 aliphatic rings. The summed E-state index contributed by atoms with van der Waals surface area (Å²) in [4.78, 5) is 0. The third-order valence-electron chi connectivity index (χ3n) is 2.45. The van der Waals surface area contributed by atoms with Crippen LogP contribution in [0.4, 0.5) is 21.5 Å². The minimum absolute atomic E-state index is 0.283. The van der Waals surface area contributed by atoms with Crippen molar-refractivity contribution >= 4 is 28.7 Å². The van der Waals surface area contributed by atoms with Crippen molar-refractivity contribution < 1.29 is 4.39 Å². The molecule has 17 heavy (non-hydrogen) atoms. The van der Waals surface area contributed by atoms with E-state index < -0.39 is 0 Å². The van der Waals surface area contributed by atoms with E-state index in [1.54, 1.807) is 24.3 Å². The smallest absolute Gasteiger partial charge is 0.125 e. The van der Waals surface area contributed by atoms with Crippen molar-refractivity contribution in [3.63, 3.8) is 0 Å². The molecule has 0 spiro atoms. The van der Waals surface area contributed by atoms with E-state index in [0.717, 1.165) is 11.3 Å². The second-order valence-corrected chi connectivity index (χ2v) is 4.23. The van der Waals surface area contributed by atoms with Gasteiger partial charge in [-0.05, 0) is 42.8 Å². The van der Waals surface area contributed by atoms with E-state index >= 15 is 0 Å².